The highest BCUT2D eigenvalue weighted by Gasteiger charge is 2.35. The molecule has 0 aromatic heterocycles. The molecule has 1 heterocycles. The summed E-state index contributed by atoms with van der Waals surface area (Å²) in [4.78, 5) is 14.3. The normalized spacial score (nSPS) is 29.7. The Morgan fingerprint density at radius 1 is 1.71 bits per heavy atom. The fourth-order valence-corrected chi connectivity index (χ4v) is 1.43. The van der Waals surface area contributed by atoms with Gasteiger partial charge in [0.05, 0.1) is 12.0 Å². The molecule has 0 N–H and O–H groups in total. The zero-order valence-electron chi connectivity index (χ0n) is 8.30. The van der Waals surface area contributed by atoms with Gasteiger partial charge in [-0.3, -0.25) is 10.1 Å². The van der Waals surface area contributed by atoms with Crippen molar-refractivity contribution in [2.45, 2.75) is 0 Å². The van der Waals surface area contributed by atoms with Gasteiger partial charge in [0.1, 0.15) is 11.6 Å². The molecule has 70 valence electrons. The van der Waals surface area contributed by atoms with Crippen molar-refractivity contribution in [3.05, 3.63) is 58.5 Å². The molecule has 4 nitrogen and oxygen atoms in total. The molecule has 2 rings (SSSR count). The standard InChI is InChI=1S/C10H8N2O2/c1-2-8-10(12(13)14)7-5-3-4-6-9(7)11-8/h2-7H,1H2/i7D. The van der Waals surface area contributed by atoms with Crippen LogP contribution >= 0.6 is 0 Å². The monoisotopic (exact) mass is 189 g/mol. The van der Waals surface area contributed by atoms with Crippen LogP contribution in [0.3, 0.4) is 0 Å². The predicted octanol–water partition coefficient (Wildman–Crippen LogP) is 1.86. The molecule has 4 heteroatoms. The van der Waals surface area contributed by atoms with Gasteiger partial charge in [0.2, 0.25) is 0 Å². The molecule has 0 saturated carbocycles. The van der Waals surface area contributed by atoms with E-state index >= 15 is 0 Å². The zero-order chi connectivity index (χ0) is 11.1. The van der Waals surface area contributed by atoms with Crippen molar-refractivity contribution in [1.29, 1.82) is 0 Å². The lowest BCUT2D eigenvalue weighted by Gasteiger charge is -2.06. The summed E-state index contributed by atoms with van der Waals surface area (Å²) in [5.74, 6) is -1.46. The Hall–Kier alpha value is -1.97. The number of allylic oxidation sites excluding steroid dienone is 5. The lowest BCUT2D eigenvalue weighted by atomic mass is 9.97. The molecule has 0 spiro atoms. The van der Waals surface area contributed by atoms with Crippen molar-refractivity contribution in [1.82, 2.24) is 0 Å². The van der Waals surface area contributed by atoms with E-state index in [4.69, 9.17) is 1.37 Å². The Kier molecular flexibility index (Phi) is 1.63. The minimum absolute atomic E-state index is 0.168. The number of hydrogen-bond acceptors (Lipinski definition) is 3. The highest BCUT2D eigenvalue weighted by atomic mass is 16.6. The Balaban J connectivity index is 2.63. The molecule has 0 aromatic rings. The fraction of sp³-hybridized carbons (Fsp3) is 0.100. The maximum atomic E-state index is 10.9. The largest absolute Gasteiger partial charge is 0.284 e. The topological polar surface area (TPSA) is 55.5 Å². The van der Waals surface area contributed by atoms with Gasteiger partial charge in [-0.1, -0.05) is 24.8 Å². The minimum atomic E-state index is -1.46. The molecular weight excluding hydrogens is 180 g/mol. The van der Waals surface area contributed by atoms with Crippen LogP contribution < -0.4 is 0 Å². The maximum absolute atomic E-state index is 10.9. The van der Waals surface area contributed by atoms with E-state index in [0.717, 1.165) is 0 Å². The summed E-state index contributed by atoms with van der Waals surface area (Å²) in [6.45, 7) is 3.46. The van der Waals surface area contributed by atoms with Crippen LogP contribution in [-0.2, 0) is 0 Å². The zero-order valence-corrected chi connectivity index (χ0v) is 7.30. The summed E-state index contributed by atoms with van der Waals surface area (Å²) in [6, 6.07) is 0. The Labute approximate surface area is 82.2 Å². The van der Waals surface area contributed by atoms with Gasteiger partial charge in [0.15, 0.2) is 0 Å². The number of rotatable bonds is 2. The molecule has 0 radical (unpaired) electrons. The number of nitrogens with zero attached hydrogens (tertiary/aromatic N) is 2. The molecule has 14 heavy (non-hydrogen) atoms. The number of aliphatic imine (C=N–C) groups is 1. The molecule has 1 unspecified atom stereocenters. The van der Waals surface area contributed by atoms with Crippen molar-refractivity contribution in [3.8, 4) is 0 Å². The second-order valence-corrected chi connectivity index (χ2v) is 2.82. The quantitative estimate of drug-likeness (QED) is 0.491. The molecule has 0 aromatic carbocycles. The van der Waals surface area contributed by atoms with E-state index in [9.17, 15) is 10.1 Å². The van der Waals surface area contributed by atoms with Gasteiger partial charge in [-0.25, -0.2) is 4.99 Å². The van der Waals surface area contributed by atoms with Crippen molar-refractivity contribution in [2.75, 3.05) is 0 Å². The summed E-state index contributed by atoms with van der Waals surface area (Å²) in [5, 5.41) is 10.9. The van der Waals surface area contributed by atoms with Crippen LogP contribution in [0.1, 0.15) is 1.37 Å². The first-order chi connectivity index (χ1) is 7.09. The van der Waals surface area contributed by atoms with E-state index in [2.05, 4.69) is 11.6 Å². The fourth-order valence-electron chi connectivity index (χ4n) is 1.43. The van der Waals surface area contributed by atoms with E-state index in [1.807, 2.05) is 0 Å². The van der Waals surface area contributed by atoms with Gasteiger partial charge in [-0.2, -0.15) is 0 Å². The molecule has 2 aliphatic rings. The van der Waals surface area contributed by atoms with Crippen LogP contribution in [0.4, 0.5) is 0 Å². The summed E-state index contributed by atoms with van der Waals surface area (Å²) in [5.41, 5.74) is 0.306. The van der Waals surface area contributed by atoms with Crippen LogP contribution in [0.5, 0.6) is 0 Å². The van der Waals surface area contributed by atoms with Gasteiger partial charge in [0, 0.05) is 0 Å². The Bertz CT molecular complexity index is 474. The summed E-state index contributed by atoms with van der Waals surface area (Å²) in [7, 11) is 0. The van der Waals surface area contributed by atoms with E-state index in [1.54, 1.807) is 18.2 Å². The average molecular weight is 189 g/mol. The van der Waals surface area contributed by atoms with Crippen LogP contribution in [0.2, 0.25) is 0 Å². The molecule has 1 aliphatic carbocycles. The van der Waals surface area contributed by atoms with E-state index in [0.29, 0.717) is 5.71 Å². The molecule has 1 aliphatic heterocycles. The summed E-state index contributed by atoms with van der Waals surface area (Å²) >= 11 is 0. The summed E-state index contributed by atoms with van der Waals surface area (Å²) in [6.07, 6.45) is 7.69. The molecule has 1 atom stereocenters. The molecular formula is C10H8N2O2. The van der Waals surface area contributed by atoms with E-state index in [1.165, 1.54) is 12.2 Å². The molecule has 0 saturated heterocycles. The van der Waals surface area contributed by atoms with E-state index in [-0.39, 0.29) is 11.4 Å². The third-order valence-electron chi connectivity index (χ3n) is 2.02. The van der Waals surface area contributed by atoms with Crippen LogP contribution in [-0.4, -0.2) is 10.6 Å². The molecule has 0 fully saturated rings. The van der Waals surface area contributed by atoms with Crippen LogP contribution in [0.15, 0.2) is 53.3 Å². The Morgan fingerprint density at radius 2 is 2.50 bits per heavy atom. The van der Waals surface area contributed by atoms with E-state index < -0.39 is 10.8 Å². The van der Waals surface area contributed by atoms with Crippen molar-refractivity contribution < 1.29 is 6.29 Å². The predicted molar refractivity (Wildman–Crippen MR) is 53.4 cm³/mol. The molecule has 0 bridgehead atoms. The second-order valence-electron chi connectivity index (χ2n) is 2.82. The summed E-state index contributed by atoms with van der Waals surface area (Å²) < 4.78 is 8.04. The lowest BCUT2D eigenvalue weighted by Crippen LogP contribution is -2.15. The van der Waals surface area contributed by atoms with Gasteiger partial charge in [0.25, 0.3) is 5.70 Å². The SMILES string of the molecule is [2H]C12C=CC=CC1=NC(C=C)=C2[N+](=O)[O-]. The second kappa shape index (κ2) is 3.06. The number of fused-ring (bicyclic) bond motifs is 1. The molecule has 0 amide bonds. The van der Waals surface area contributed by atoms with Crippen molar-refractivity contribution in [3.63, 3.8) is 0 Å². The average Bonchev–Trinajstić information content (AvgIpc) is 2.49. The van der Waals surface area contributed by atoms with Gasteiger partial charge >= 0.3 is 0 Å². The van der Waals surface area contributed by atoms with Crippen molar-refractivity contribution in [2.24, 2.45) is 10.9 Å². The Morgan fingerprint density at radius 3 is 3.14 bits per heavy atom. The smallest absolute Gasteiger partial charge is 0.259 e. The van der Waals surface area contributed by atoms with Crippen LogP contribution in [0, 0.1) is 16.0 Å². The lowest BCUT2D eigenvalue weighted by molar-refractivity contribution is -0.430. The highest BCUT2D eigenvalue weighted by Crippen LogP contribution is 2.30. The first-order valence-electron chi connectivity index (χ1n) is 4.56. The van der Waals surface area contributed by atoms with Crippen LogP contribution in [0.25, 0.3) is 0 Å². The third-order valence-corrected chi connectivity index (χ3v) is 2.02. The van der Waals surface area contributed by atoms with Gasteiger partial charge in [-0.15, -0.1) is 0 Å². The van der Waals surface area contributed by atoms with Crippen molar-refractivity contribution >= 4 is 5.71 Å². The highest BCUT2D eigenvalue weighted by molar-refractivity contribution is 6.03. The number of nitro groups is 1. The maximum Gasteiger partial charge on any atom is 0.284 e. The first-order valence-corrected chi connectivity index (χ1v) is 4.06. The first kappa shape index (κ1) is 7.44. The minimum Gasteiger partial charge on any atom is -0.259 e. The number of hydrogen-bond donors (Lipinski definition) is 0. The van der Waals surface area contributed by atoms with Gasteiger partial charge in [-0.05, 0) is 12.2 Å². The van der Waals surface area contributed by atoms with Gasteiger partial charge < -0.3 is 0 Å². The third kappa shape index (κ3) is 1.12.